The molecule has 0 radical (unpaired) electrons. The van der Waals surface area contributed by atoms with Gasteiger partial charge in [0, 0.05) is 14.1 Å². The fraction of sp³-hybridized carbons (Fsp3) is 0.389. The number of imide groups is 1. The van der Waals surface area contributed by atoms with E-state index in [0.29, 0.717) is 17.5 Å². The first-order valence-electron chi connectivity index (χ1n) is 8.41. The molecule has 2 aliphatic heterocycles. The maximum Gasteiger partial charge on any atom is 0.359 e. The van der Waals surface area contributed by atoms with Crippen molar-refractivity contribution in [3.05, 3.63) is 35.9 Å². The van der Waals surface area contributed by atoms with Crippen LogP contribution in [0.1, 0.15) is 12.5 Å². The number of hydrogen-bond donors (Lipinski definition) is 0. The highest BCUT2D eigenvalue weighted by atomic mass is 32.2. The summed E-state index contributed by atoms with van der Waals surface area (Å²) in [5, 5.41) is 0.0154. The zero-order valence-corrected chi connectivity index (χ0v) is 16.4. The lowest BCUT2D eigenvalue weighted by Crippen LogP contribution is -2.61. The largest absolute Gasteiger partial charge is 0.468 e. The van der Waals surface area contributed by atoms with Crippen molar-refractivity contribution < 1.29 is 23.7 Å². The Bertz CT molecular complexity index is 852. The number of carbonyl (C=O) groups excluding carboxylic acids is 3. The molecule has 142 valence electrons. The van der Waals surface area contributed by atoms with Crippen LogP contribution in [-0.2, 0) is 20.9 Å². The molecule has 0 aliphatic carbocycles. The van der Waals surface area contributed by atoms with Crippen LogP contribution in [0.5, 0.6) is 0 Å². The first-order valence-corrected chi connectivity index (χ1v) is 9.29. The first kappa shape index (κ1) is 19.1. The van der Waals surface area contributed by atoms with Gasteiger partial charge in [-0.2, -0.15) is 0 Å². The normalized spacial score (nSPS) is 20.6. The minimum absolute atomic E-state index is 0.339. The molecule has 1 aromatic carbocycles. The van der Waals surface area contributed by atoms with Crippen LogP contribution in [-0.4, -0.2) is 75.8 Å². The highest BCUT2D eigenvalue weighted by Gasteiger charge is 2.53. The monoisotopic (exact) mass is 389 g/mol. The minimum atomic E-state index is -0.703. The van der Waals surface area contributed by atoms with E-state index in [2.05, 4.69) is 4.99 Å². The number of fused-ring (bicyclic) bond motifs is 1. The number of rotatable bonds is 4. The van der Waals surface area contributed by atoms with Gasteiger partial charge in [-0.3, -0.25) is 19.4 Å². The number of methoxy groups -OCH3 is 1. The number of urea groups is 1. The topological polar surface area (TPSA) is 82.3 Å². The SMILES string of the molecule is COC(=O)C(C)SC1=[N+](Cc2ccccc2)C2C(=O)N(C)C(=O)N(C)C2=N1. The zero-order valence-electron chi connectivity index (χ0n) is 15.6. The Morgan fingerprint density at radius 3 is 2.56 bits per heavy atom. The number of benzene rings is 1. The molecule has 0 N–H and O–H groups in total. The predicted molar refractivity (Wildman–Crippen MR) is 102 cm³/mol. The van der Waals surface area contributed by atoms with E-state index in [1.54, 1.807) is 14.0 Å². The number of amidine groups is 2. The molecule has 8 nitrogen and oxygen atoms in total. The van der Waals surface area contributed by atoms with Crippen molar-refractivity contribution in [2.45, 2.75) is 24.8 Å². The maximum atomic E-state index is 12.8. The second-order valence-electron chi connectivity index (χ2n) is 6.29. The van der Waals surface area contributed by atoms with E-state index in [0.717, 1.165) is 10.5 Å². The molecule has 1 aromatic rings. The Kier molecular flexibility index (Phi) is 5.31. The van der Waals surface area contributed by atoms with Crippen molar-refractivity contribution in [3.8, 4) is 0 Å². The zero-order chi connectivity index (χ0) is 19.7. The lowest BCUT2D eigenvalue weighted by molar-refractivity contribution is -0.548. The number of thioether (sulfide) groups is 1. The summed E-state index contributed by atoms with van der Waals surface area (Å²) in [5.41, 5.74) is 0.993. The smallest absolute Gasteiger partial charge is 0.359 e. The Morgan fingerprint density at radius 2 is 1.93 bits per heavy atom. The van der Waals surface area contributed by atoms with E-state index >= 15 is 0 Å². The molecular weight excluding hydrogens is 368 g/mol. The van der Waals surface area contributed by atoms with Crippen LogP contribution >= 0.6 is 11.8 Å². The number of likely N-dealkylation sites (N-methyl/N-ethyl adjacent to an activating group) is 2. The molecule has 0 aromatic heterocycles. The van der Waals surface area contributed by atoms with E-state index in [1.807, 2.05) is 34.9 Å². The predicted octanol–water partition coefficient (Wildman–Crippen LogP) is 1.15. The molecule has 0 saturated carbocycles. The van der Waals surface area contributed by atoms with Gasteiger partial charge in [0.05, 0.1) is 7.11 Å². The summed E-state index contributed by atoms with van der Waals surface area (Å²) in [6, 6.07) is 8.53. The molecule has 27 heavy (non-hydrogen) atoms. The average molecular weight is 389 g/mol. The maximum absolute atomic E-state index is 12.8. The summed E-state index contributed by atoms with van der Waals surface area (Å²) >= 11 is 1.21. The summed E-state index contributed by atoms with van der Waals surface area (Å²) in [5.74, 6) is -0.345. The summed E-state index contributed by atoms with van der Waals surface area (Å²) in [7, 11) is 4.38. The summed E-state index contributed by atoms with van der Waals surface area (Å²) < 4.78 is 6.62. The Hall–Kier alpha value is -2.68. The quantitative estimate of drug-likeness (QED) is 0.570. The van der Waals surface area contributed by atoms with Gasteiger partial charge in [-0.25, -0.2) is 9.37 Å². The van der Waals surface area contributed by atoms with E-state index in [1.165, 1.54) is 30.8 Å². The molecular formula is C18H21N4O4S+. The fourth-order valence-corrected chi connectivity index (χ4v) is 3.94. The molecule has 2 atom stereocenters. The number of aliphatic imine (C=N–C) groups is 1. The number of ether oxygens (including phenoxy) is 1. The average Bonchev–Trinajstić information content (AvgIpc) is 3.02. The van der Waals surface area contributed by atoms with Gasteiger partial charge in [-0.15, -0.1) is 0 Å². The van der Waals surface area contributed by atoms with Crippen LogP contribution in [0.25, 0.3) is 0 Å². The van der Waals surface area contributed by atoms with Crippen molar-refractivity contribution in [2.75, 3.05) is 21.2 Å². The van der Waals surface area contributed by atoms with Gasteiger partial charge < -0.3 is 4.74 Å². The molecule has 2 aliphatic rings. The van der Waals surface area contributed by atoms with Gasteiger partial charge in [0.2, 0.25) is 0 Å². The van der Waals surface area contributed by atoms with Gasteiger partial charge in [0.25, 0.3) is 17.8 Å². The van der Waals surface area contributed by atoms with Crippen molar-refractivity contribution >= 4 is 40.7 Å². The summed E-state index contributed by atoms with van der Waals surface area (Å²) in [4.78, 5) is 43.9. The first-order chi connectivity index (χ1) is 12.8. The molecule has 9 heteroatoms. The van der Waals surface area contributed by atoms with E-state index in [9.17, 15) is 14.4 Å². The summed E-state index contributed by atoms with van der Waals surface area (Å²) in [6.07, 6.45) is 0. The Morgan fingerprint density at radius 1 is 1.26 bits per heavy atom. The lowest BCUT2D eigenvalue weighted by Gasteiger charge is -2.30. The standard InChI is InChI=1S/C18H21N4O4S/c1-11(16(24)26-4)27-17-19-14-13(15(23)21(3)18(25)20(14)2)22(17)10-12-8-6-5-7-9-12/h5-9,11,13H,10H2,1-4H3/q+1. The van der Waals surface area contributed by atoms with E-state index in [4.69, 9.17) is 4.74 Å². The van der Waals surface area contributed by atoms with E-state index in [-0.39, 0.29) is 11.9 Å². The van der Waals surface area contributed by atoms with Crippen molar-refractivity contribution in [1.82, 2.24) is 9.80 Å². The molecule has 2 unspecified atom stereocenters. The molecule has 3 rings (SSSR count). The Balaban J connectivity index is 2.01. The minimum Gasteiger partial charge on any atom is -0.468 e. The third kappa shape index (κ3) is 3.46. The number of hydrogen-bond acceptors (Lipinski definition) is 6. The van der Waals surface area contributed by atoms with Crippen molar-refractivity contribution in [1.29, 1.82) is 0 Å². The number of nitrogens with zero attached hydrogens (tertiary/aromatic N) is 4. The van der Waals surface area contributed by atoms with Crippen LogP contribution < -0.4 is 0 Å². The van der Waals surface area contributed by atoms with Gasteiger partial charge >= 0.3 is 17.2 Å². The summed E-state index contributed by atoms with van der Waals surface area (Å²) in [6.45, 7) is 2.14. The third-order valence-corrected chi connectivity index (χ3v) is 5.59. The van der Waals surface area contributed by atoms with Gasteiger partial charge in [-0.1, -0.05) is 30.3 Å². The van der Waals surface area contributed by atoms with Gasteiger partial charge in [0.1, 0.15) is 11.8 Å². The fourth-order valence-electron chi connectivity index (χ4n) is 2.98. The molecule has 0 bridgehead atoms. The van der Waals surface area contributed by atoms with Gasteiger partial charge in [-0.05, 0) is 29.2 Å². The molecule has 2 heterocycles. The number of esters is 1. The van der Waals surface area contributed by atoms with Crippen LogP contribution in [0.3, 0.4) is 0 Å². The lowest BCUT2D eigenvalue weighted by atomic mass is 10.1. The highest BCUT2D eigenvalue weighted by molar-refractivity contribution is 8.14. The number of carbonyl (C=O) groups is 3. The van der Waals surface area contributed by atoms with Crippen molar-refractivity contribution in [2.24, 2.45) is 4.99 Å². The van der Waals surface area contributed by atoms with Crippen molar-refractivity contribution in [3.63, 3.8) is 0 Å². The number of amides is 3. The Labute approximate surface area is 161 Å². The van der Waals surface area contributed by atoms with Gasteiger partial charge in [0.15, 0.2) is 0 Å². The third-order valence-electron chi connectivity index (χ3n) is 4.51. The van der Waals surface area contributed by atoms with E-state index < -0.39 is 17.3 Å². The van der Waals surface area contributed by atoms with Crippen LogP contribution in [0.15, 0.2) is 35.3 Å². The molecule has 0 spiro atoms. The second kappa shape index (κ2) is 7.51. The second-order valence-corrected chi connectivity index (χ2v) is 7.60. The highest BCUT2D eigenvalue weighted by Crippen LogP contribution is 2.26. The molecule has 1 fully saturated rings. The molecule has 3 amide bonds. The molecule has 1 saturated heterocycles. The van der Waals surface area contributed by atoms with Crippen LogP contribution in [0.4, 0.5) is 4.79 Å². The van der Waals surface area contributed by atoms with Crippen LogP contribution in [0, 0.1) is 0 Å². The van der Waals surface area contributed by atoms with Crippen LogP contribution in [0.2, 0.25) is 0 Å².